The molecular weight excluding hydrogens is 200 g/mol. The van der Waals surface area contributed by atoms with Crippen LogP contribution in [-0.4, -0.2) is 27.5 Å². The highest BCUT2D eigenvalue weighted by molar-refractivity contribution is 5.90. The van der Waals surface area contributed by atoms with Crippen LogP contribution in [0.5, 0.6) is 5.75 Å². The van der Waals surface area contributed by atoms with Gasteiger partial charge in [0, 0.05) is 7.05 Å². The second-order valence-electron chi connectivity index (χ2n) is 2.97. The molecule has 1 aromatic heterocycles. The van der Waals surface area contributed by atoms with Gasteiger partial charge in [0.1, 0.15) is 0 Å². The highest BCUT2D eigenvalue weighted by Crippen LogP contribution is 2.16. The Labute approximate surface area is 86.1 Å². The molecule has 0 aliphatic heterocycles. The van der Waals surface area contributed by atoms with Crippen LogP contribution >= 0.6 is 0 Å². The molecule has 0 amide bonds. The maximum absolute atomic E-state index is 11.3. The molecule has 0 atom stereocenters. The van der Waals surface area contributed by atoms with Crippen molar-refractivity contribution in [3.8, 4) is 5.75 Å². The Morgan fingerprint density at radius 2 is 2.20 bits per heavy atom. The Bertz CT molecular complexity index is 450. The van der Waals surface area contributed by atoms with E-state index in [1.54, 1.807) is 6.92 Å². The zero-order chi connectivity index (χ0) is 11.6. The molecule has 0 radical (unpaired) electrons. The van der Waals surface area contributed by atoms with Crippen molar-refractivity contribution in [2.24, 2.45) is 7.05 Å². The van der Waals surface area contributed by atoms with E-state index < -0.39 is 17.3 Å². The Balaban J connectivity index is 3.32. The quantitative estimate of drug-likeness (QED) is 0.696. The minimum Gasteiger partial charge on any atom is -0.505 e. The number of ether oxygens (including phenoxy) is 1. The van der Waals surface area contributed by atoms with E-state index in [0.29, 0.717) is 0 Å². The number of carbonyl (C=O) groups excluding carboxylic acids is 1. The standard InChI is InChI=1S/C9H12N2O4/c1-4-15-9(14)6-7(12)5(2)8(13)11(3)10-6/h12H,4H2,1-3H3. The van der Waals surface area contributed by atoms with Crippen molar-refractivity contribution in [3.05, 3.63) is 21.6 Å². The lowest BCUT2D eigenvalue weighted by molar-refractivity contribution is 0.0512. The molecule has 0 spiro atoms. The van der Waals surface area contributed by atoms with Gasteiger partial charge in [0.05, 0.1) is 12.2 Å². The van der Waals surface area contributed by atoms with Gasteiger partial charge in [-0.05, 0) is 13.8 Å². The lowest BCUT2D eigenvalue weighted by Crippen LogP contribution is -2.25. The van der Waals surface area contributed by atoms with E-state index in [2.05, 4.69) is 9.84 Å². The van der Waals surface area contributed by atoms with Gasteiger partial charge in [-0.15, -0.1) is 0 Å². The van der Waals surface area contributed by atoms with E-state index in [0.717, 1.165) is 4.68 Å². The fourth-order valence-corrected chi connectivity index (χ4v) is 1.10. The van der Waals surface area contributed by atoms with Crippen molar-refractivity contribution in [1.29, 1.82) is 0 Å². The van der Waals surface area contributed by atoms with Gasteiger partial charge in [0.15, 0.2) is 5.75 Å². The number of carbonyl (C=O) groups is 1. The van der Waals surface area contributed by atoms with E-state index in [1.165, 1.54) is 14.0 Å². The molecule has 1 aromatic rings. The van der Waals surface area contributed by atoms with Crippen LogP contribution in [0.25, 0.3) is 0 Å². The fourth-order valence-electron chi connectivity index (χ4n) is 1.10. The van der Waals surface area contributed by atoms with E-state index in [9.17, 15) is 14.7 Å². The second kappa shape index (κ2) is 4.12. The average Bonchev–Trinajstić information content (AvgIpc) is 2.20. The summed E-state index contributed by atoms with van der Waals surface area (Å²) in [6, 6.07) is 0. The molecule has 82 valence electrons. The third-order valence-electron chi connectivity index (χ3n) is 1.91. The average molecular weight is 212 g/mol. The van der Waals surface area contributed by atoms with E-state index >= 15 is 0 Å². The van der Waals surface area contributed by atoms with Gasteiger partial charge >= 0.3 is 5.97 Å². The monoisotopic (exact) mass is 212 g/mol. The maximum atomic E-state index is 11.3. The van der Waals surface area contributed by atoms with Gasteiger partial charge in [0.25, 0.3) is 5.56 Å². The molecule has 0 aliphatic carbocycles. The van der Waals surface area contributed by atoms with Crippen molar-refractivity contribution >= 4 is 5.97 Å². The zero-order valence-corrected chi connectivity index (χ0v) is 8.77. The Hall–Kier alpha value is -1.85. The number of aromatic nitrogens is 2. The van der Waals surface area contributed by atoms with E-state index in [-0.39, 0.29) is 17.9 Å². The second-order valence-corrected chi connectivity index (χ2v) is 2.97. The molecule has 15 heavy (non-hydrogen) atoms. The summed E-state index contributed by atoms with van der Waals surface area (Å²) in [6.07, 6.45) is 0. The highest BCUT2D eigenvalue weighted by atomic mass is 16.5. The van der Waals surface area contributed by atoms with E-state index in [1.807, 2.05) is 0 Å². The first-order valence-electron chi connectivity index (χ1n) is 4.43. The first-order valence-corrected chi connectivity index (χ1v) is 4.43. The molecule has 0 aliphatic rings. The van der Waals surface area contributed by atoms with Crippen LogP contribution in [0.15, 0.2) is 4.79 Å². The molecule has 6 heteroatoms. The summed E-state index contributed by atoms with van der Waals surface area (Å²) < 4.78 is 5.67. The first kappa shape index (κ1) is 11.2. The molecule has 0 saturated heterocycles. The number of aromatic hydroxyl groups is 1. The summed E-state index contributed by atoms with van der Waals surface area (Å²) in [4.78, 5) is 22.6. The van der Waals surface area contributed by atoms with Crippen LogP contribution < -0.4 is 5.56 Å². The Kier molecular flexibility index (Phi) is 3.08. The Morgan fingerprint density at radius 3 is 2.73 bits per heavy atom. The molecule has 1 heterocycles. The van der Waals surface area contributed by atoms with Crippen molar-refractivity contribution in [3.63, 3.8) is 0 Å². The largest absolute Gasteiger partial charge is 0.505 e. The van der Waals surface area contributed by atoms with Crippen molar-refractivity contribution in [2.45, 2.75) is 13.8 Å². The summed E-state index contributed by atoms with van der Waals surface area (Å²) in [5.41, 5.74) is -0.604. The highest BCUT2D eigenvalue weighted by Gasteiger charge is 2.19. The van der Waals surface area contributed by atoms with E-state index in [4.69, 9.17) is 0 Å². The molecule has 0 fully saturated rings. The normalized spacial score (nSPS) is 10.1. The van der Waals surface area contributed by atoms with Crippen molar-refractivity contribution in [2.75, 3.05) is 6.61 Å². The maximum Gasteiger partial charge on any atom is 0.362 e. The number of esters is 1. The number of nitrogens with zero attached hydrogens (tertiary/aromatic N) is 2. The van der Waals surface area contributed by atoms with Gasteiger partial charge in [0.2, 0.25) is 5.69 Å². The molecular formula is C9H12N2O4. The molecule has 1 rings (SSSR count). The molecule has 1 N–H and O–H groups in total. The summed E-state index contributed by atoms with van der Waals surface area (Å²) >= 11 is 0. The minimum atomic E-state index is -0.742. The lowest BCUT2D eigenvalue weighted by atomic mass is 10.2. The SMILES string of the molecule is CCOC(=O)c1nn(C)c(=O)c(C)c1O. The van der Waals surface area contributed by atoms with Gasteiger partial charge in [-0.3, -0.25) is 4.79 Å². The van der Waals surface area contributed by atoms with Crippen LogP contribution in [-0.2, 0) is 11.8 Å². The smallest absolute Gasteiger partial charge is 0.362 e. The molecule has 0 bridgehead atoms. The predicted octanol–water partition coefficient (Wildman–Crippen LogP) is -0.0290. The van der Waals surface area contributed by atoms with Gasteiger partial charge < -0.3 is 9.84 Å². The number of rotatable bonds is 2. The first-order chi connectivity index (χ1) is 6.99. The molecule has 0 aromatic carbocycles. The third-order valence-corrected chi connectivity index (χ3v) is 1.91. The van der Waals surface area contributed by atoms with Crippen LogP contribution in [0, 0.1) is 6.92 Å². The Morgan fingerprint density at radius 1 is 1.60 bits per heavy atom. The summed E-state index contributed by atoms with van der Waals surface area (Å²) in [6.45, 7) is 3.24. The van der Waals surface area contributed by atoms with Crippen LogP contribution in [0.3, 0.4) is 0 Å². The van der Waals surface area contributed by atoms with Crippen LogP contribution in [0.4, 0.5) is 0 Å². The minimum absolute atomic E-state index is 0.0792. The van der Waals surface area contributed by atoms with Gasteiger partial charge in [-0.2, -0.15) is 5.10 Å². The molecule has 6 nitrogen and oxygen atoms in total. The summed E-state index contributed by atoms with van der Waals surface area (Å²) in [5.74, 6) is -1.16. The van der Waals surface area contributed by atoms with Gasteiger partial charge in [-0.25, -0.2) is 9.48 Å². The number of hydrogen-bond acceptors (Lipinski definition) is 5. The van der Waals surface area contributed by atoms with Gasteiger partial charge in [-0.1, -0.05) is 0 Å². The molecule has 0 unspecified atom stereocenters. The van der Waals surface area contributed by atoms with Crippen LogP contribution in [0.1, 0.15) is 23.0 Å². The zero-order valence-electron chi connectivity index (χ0n) is 8.77. The van der Waals surface area contributed by atoms with Crippen LogP contribution in [0.2, 0.25) is 0 Å². The predicted molar refractivity (Wildman–Crippen MR) is 51.8 cm³/mol. The topological polar surface area (TPSA) is 81.4 Å². The third kappa shape index (κ3) is 1.98. The summed E-state index contributed by atoms with van der Waals surface area (Å²) in [5, 5.41) is 13.2. The lowest BCUT2D eigenvalue weighted by Gasteiger charge is -2.06. The fraction of sp³-hybridized carbons (Fsp3) is 0.444. The van der Waals surface area contributed by atoms with Crippen molar-refractivity contribution < 1.29 is 14.6 Å². The number of hydrogen-bond donors (Lipinski definition) is 1. The van der Waals surface area contributed by atoms with Crippen molar-refractivity contribution in [1.82, 2.24) is 9.78 Å². The number of aryl methyl sites for hydroxylation is 1. The summed E-state index contributed by atoms with van der Waals surface area (Å²) in [7, 11) is 1.40. The molecule has 0 saturated carbocycles.